The van der Waals surface area contributed by atoms with Crippen molar-refractivity contribution in [1.29, 1.82) is 5.26 Å². The summed E-state index contributed by atoms with van der Waals surface area (Å²) in [6, 6.07) is 6.55. The second-order valence-corrected chi connectivity index (χ2v) is 3.42. The number of hydrogen-bond acceptors (Lipinski definition) is 2. The molecule has 1 aromatic carbocycles. The van der Waals surface area contributed by atoms with Gasteiger partial charge < -0.3 is 5.11 Å². The fourth-order valence-corrected chi connectivity index (χ4v) is 1.29. The lowest BCUT2D eigenvalue weighted by Crippen LogP contribution is -1.99. The highest BCUT2D eigenvalue weighted by Crippen LogP contribution is 2.14. The van der Waals surface area contributed by atoms with Crippen LogP contribution in [-0.2, 0) is 6.42 Å². The zero-order valence-electron chi connectivity index (χ0n) is 8.45. The fourth-order valence-electron chi connectivity index (χ4n) is 1.29. The quantitative estimate of drug-likeness (QED) is 0.763. The maximum atomic E-state index is 10.7. The Kier molecular flexibility index (Phi) is 3.25. The van der Waals surface area contributed by atoms with Crippen molar-refractivity contribution < 1.29 is 9.90 Å². The monoisotopic (exact) mass is 201 g/mol. The molecule has 0 fully saturated rings. The Hall–Kier alpha value is -2.08. The maximum absolute atomic E-state index is 10.7. The largest absolute Gasteiger partial charge is 0.478 e. The van der Waals surface area contributed by atoms with E-state index < -0.39 is 5.97 Å². The predicted molar refractivity (Wildman–Crippen MR) is 56.6 cm³/mol. The van der Waals surface area contributed by atoms with Gasteiger partial charge in [0.1, 0.15) is 0 Å². The molecule has 3 heteroatoms. The molecular formula is C12H11NO2. The van der Waals surface area contributed by atoms with Gasteiger partial charge in [0.25, 0.3) is 0 Å². The maximum Gasteiger partial charge on any atom is 0.335 e. The molecule has 0 aliphatic rings. The van der Waals surface area contributed by atoms with Gasteiger partial charge in [-0.25, -0.2) is 4.79 Å². The number of carboxylic acids is 1. The van der Waals surface area contributed by atoms with Gasteiger partial charge in [-0.2, -0.15) is 5.26 Å². The van der Waals surface area contributed by atoms with Crippen LogP contribution in [0.2, 0.25) is 0 Å². The second kappa shape index (κ2) is 4.43. The standard InChI is InChI=1S/C12H11NO2/c1-8(2)5-9-3-4-10(12(14)15)6-11(9)7-13/h3-4,6H,1,5H2,2H3,(H,14,15). The van der Waals surface area contributed by atoms with E-state index in [1.165, 1.54) is 12.1 Å². The van der Waals surface area contributed by atoms with Gasteiger partial charge in [0.15, 0.2) is 0 Å². The lowest BCUT2D eigenvalue weighted by atomic mass is 9.99. The molecule has 0 unspecified atom stereocenters. The highest BCUT2D eigenvalue weighted by atomic mass is 16.4. The summed E-state index contributed by atoms with van der Waals surface area (Å²) in [5.41, 5.74) is 2.29. The first-order valence-electron chi connectivity index (χ1n) is 4.45. The molecule has 76 valence electrons. The fraction of sp³-hybridized carbons (Fsp3) is 0.167. The van der Waals surface area contributed by atoms with E-state index in [2.05, 4.69) is 6.58 Å². The third-order valence-corrected chi connectivity index (χ3v) is 1.97. The lowest BCUT2D eigenvalue weighted by molar-refractivity contribution is 0.0697. The zero-order chi connectivity index (χ0) is 11.4. The third kappa shape index (κ3) is 2.68. The second-order valence-electron chi connectivity index (χ2n) is 3.42. The van der Waals surface area contributed by atoms with E-state index >= 15 is 0 Å². The van der Waals surface area contributed by atoms with Crippen molar-refractivity contribution in [2.24, 2.45) is 0 Å². The topological polar surface area (TPSA) is 61.1 Å². The third-order valence-electron chi connectivity index (χ3n) is 1.97. The van der Waals surface area contributed by atoms with Crippen LogP contribution in [0.4, 0.5) is 0 Å². The van der Waals surface area contributed by atoms with Crippen LogP contribution in [0.3, 0.4) is 0 Å². The van der Waals surface area contributed by atoms with Crippen molar-refractivity contribution in [2.45, 2.75) is 13.3 Å². The Morgan fingerprint density at radius 3 is 2.73 bits per heavy atom. The minimum Gasteiger partial charge on any atom is -0.478 e. The molecule has 0 saturated carbocycles. The molecule has 0 radical (unpaired) electrons. The van der Waals surface area contributed by atoms with Gasteiger partial charge in [0.2, 0.25) is 0 Å². The highest BCUT2D eigenvalue weighted by molar-refractivity contribution is 5.88. The number of carboxylic acid groups (broad SMARTS) is 1. The number of rotatable bonds is 3. The van der Waals surface area contributed by atoms with Crippen molar-refractivity contribution in [3.8, 4) is 6.07 Å². The molecule has 15 heavy (non-hydrogen) atoms. The molecule has 3 nitrogen and oxygen atoms in total. The van der Waals surface area contributed by atoms with E-state index in [1.807, 2.05) is 13.0 Å². The molecule has 0 aliphatic carbocycles. The van der Waals surface area contributed by atoms with Gasteiger partial charge in [-0.15, -0.1) is 0 Å². The molecule has 0 bridgehead atoms. The molecule has 0 atom stereocenters. The average molecular weight is 201 g/mol. The van der Waals surface area contributed by atoms with Crippen molar-refractivity contribution >= 4 is 5.97 Å². The predicted octanol–water partition coefficient (Wildman–Crippen LogP) is 2.38. The number of nitrogens with zero attached hydrogens (tertiary/aromatic N) is 1. The summed E-state index contributed by atoms with van der Waals surface area (Å²) < 4.78 is 0. The Morgan fingerprint density at radius 2 is 2.27 bits per heavy atom. The van der Waals surface area contributed by atoms with E-state index in [9.17, 15) is 4.79 Å². The summed E-state index contributed by atoms with van der Waals surface area (Å²) in [5.74, 6) is -1.02. The molecule has 0 aliphatic heterocycles. The number of benzene rings is 1. The lowest BCUT2D eigenvalue weighted by Gasteiger charge is -2.04. The molecular weight excluding hydrogens is 190 g/mol. The number of nitriles is 1. The Morgan fingerprint density at radius 1 is 1.60 bits per heavy atom. The van der Waals surface area contributed by atoms with Gasteiger partial charge in [0, 0.05) is 0 Å². The van der Waals surface area contributed by atoms with Crippen LogP contribution in [0.15, 0.2) is 30.4 Å². The number of carbonyl (C=O) groups is 1. The molecule has 0 heterocycles. The minimum atomic E-state index is -1.02. The summed E-state index contributed by atoms with van der Waals surface area (Å²) in [6.07, 6.45) is 0.600. The van der Waals surface area contributed by atoms with Crippen LogP contribution in [-0.4, -0.2) is 11.1 Å². The Bertz CT molecular complexity index is 455. The van der Waals surface area contributed by atoms with E-state index in [0.29, 0.717) is 12.0 Å². The summed E-state index contributed by atoms with van der Waals surface area (Å²) in [6.45, 7) is 5.62. The van der Waals surface area contributed by atoms with E-state index in [-0.39, 0.29) is 5.56 Å². The van der Waals surface area contributed by atoms with Crippen LogP contribution in [0, 0.1) is 11.3 Å². The number of hydrogen-bond donors (Lipinski definition) is 1. The van der Waals surface area contributed by atoms with Crippen molar-refractivity contribution in [2.75, 3.05) is 0 Å². The number of allylic oxidation sites excluding steroid dienone is 1. The minimum absolute atomic E-state index is 0.136. The summed E-state index contributed by atoms with van der Waals surface area (Å²) >= 11 is 0. The molecule has 0 saturated heterocycles. The normalized spacial score (nSPS) is 9.33. The average Bonchev–Trinajstić information content (AvgIpc) is 2.17. The van der Waals surface area contributed by atoms with Crippen molar-refractivity contribution in [3.63, 3.8) is 0 Å². The van der Waals surface area contributed by atoms with Crippen LogP contribution >= 0.6 is 0 Å². The first kappa shape index (κ1) is 11.0. The van der Waals surface area contributed by atoms with E-state index in [1.54, 1.807) is 6.07 Å². The Balaban J connectivity index is 3.16. The summed E-state index contributed by atoms with van der Waals surface area (Å²) in [4.78, 5) is 10.7. The van der Waals surface area contributed by atoms with Crippen LogP contribution in [0.25, 0.3) is 0 Å². The van der Waals surface area contributed by atoms with E-state index in [0.717, 1.165) is 11.1 Å². The van der Waals surface area contributed by atoms with Crippen LogP contribution in [0.1, 0.15) is 28.4 Å². The highest BCUT2D eigenvalue weighted by Gasteiger charge is 2.07. The smallest absolute Gasteiger partial charge is 0.335 e. The molecule has 0 amide bonds. The summed E-state index contributed by atoms with van der Waals surface area (Å²) in [7, 11) is 0. The van der Waals surface area contributed by atoms with Gasteiger partial charge in [-0.05, 0) is 31.0 Å². The van der Waals surface area contributed by atoms with Gasteiger partial charge in [0.05, 0.1) is 17.2 Å². The summed E-state index contributed by atoms with van der Waals surface area (Å²) in [5, 5.41) is 17.6. The van der Waals surface area contributed by atoms with Crippen molar-refractivity contribution in [3.05, 3.63) is 47.0 Å². The molecule has 0 aromatic heterocycles. The molecule has 0 spiro atoms. The van der Waals surface area contributed by atoms with Gasteiger partial charge in [-0.3, -0.25) is 0 Å². The first-order chi connectivity index (χ1) is 7.04. The molecule has 1 N–H and O–H groups in total. The number of aromatic carboxylic acids is 1. The van der Waals surface area contributed by atoms with Crippen LogP contribution in [0.5, 0.6) is 0 Å². The van der Waals surface area contributed by atoms with Gasteiger partial charge >= 0.3 is 5.97 Å². The van der Waals surface area contributed by atoms with E-state index in [4.69, 9.17) is 10.4 Å². The van der Waals surface area contributed by atoms with Crippen molar-refractivity contribution in [1.82, 2.24) is 0 Å². The molecule has 1 rings (SSSR count). The zero-order valence-corrected chi connectivity index (χ0v) is 8.45. The molecule has 1 aromatic rings. The van der Waals surface area contributed by atoms with Gasteiger partial charge in [-0.1, -0.05) is 18.2 Å². The van der Waals surface area contributed by atoms with Crippen LogP contribution < -0.4 is 0 Å². The SMILES string of the molecule is C=C(C)Cc1ccc(C(=O)O)cc1C#N. The Labute approximate surface area is 88.3 Å². The first-order valence-corrected chi connectivity index (χ1v) is 4.45.